The first-order valence-electron chi connectivity index (χ1n) is 17.8. The summed E-state index contributed by atoms with van der Waals surface area (Å²) in [5, 5.41) is 19.2. The number of carbonyl (C=O) groups is 1. The number of hydrogen-bond donors (Lipinski definition) is 2. The third-order valence-corrected chi connectivity index (χ3v) is 11.2. The van der Waals surface area contributed by atoms with Crippen molar-refractivity contribution in [2.75, 3.05) is 23.3 Å². The molecular weight excluding hydrogens is 661 g/mol. The Balaban J connectivity index is 1.30. The number of carbonyl (C=O) groups excluding carboxylic acids is 1. The Morgan fingerprint density at radius 3 is 2.35 bits per heavy atom. The van der Waals surface area contributed by atoms with E-state index in [0.717, 1.165) is 50.0 Å². The second-order valence-corrected chi connectivity index (χ2v) is 15.4. The minimum absolute atomic E-state index is 0.0171. The van der Waals surface area contributed by atoms with Crippen molar-refractivity contribution in [3.8, 4) is 17.1 Å². The van der Waals surface area contributed by atoms with E-state index < -0.39 is 6.10 Å². The highest BCUT2D eigenvalue weighted by Gasteiger charge is 2.30. The SMILES string of the molecule is CCC(C)(C)c1ccc(OC(C)C(=O)Nc2ccccc2-n2[nH]c(N3CCCC3)c(Sc3nnnn3-c3ccccc3)c2=O)c(C(C)(C)CC)c1. The Bertz CT molecular complexity index is 2040. The number of aromatic amines is 1. The second kappa shape index (κ2) is 14.8. The van der Waals surface area contributed by atoms with Gasteiger partial charge in [0.1, 0.15) is 16.5 Å². The van der Waals surface area contributed by atoms with Crippen LogP contribution in [-0.2, 0) is 15.6 Å². The number of nitrogens with zero attached hydrogens (tertiary/aromatic N) is 6. The van der Waals surface area contributed by atoms with Crippen LogP contribution >= 0.6 is 11.8 Å². The van der Waals surface area contributed by atoms with Crippen molar-refractivity contribution < 1.29 is 9.53 Å². The lowest BCUT2D eigenvalue weighted by atomic mass is 9.76. The molecule has 1 aliphatic rings. The molecule has 0 radical (unpaired) electrons. The molecule has 5 aromatic rings. The van der Waals surface area contributed by atoms with Crippen LogP contribution in [0.25, 0.3) is 11.4 Å². The maximum atomic E-state index is 14.3. The molecule has 51 heavy (non-hydrogen) atoms. The molecule has 2 N–H and O–H groups in total. The molecule has 0 spiro atoms. The van der Waals surface area contributed by atoms with Crippen LogP contribution in [0.15, 0.2) is 87.6 Å². The van der Waals surface area contributed by atoms with Gasteiger partial charge in [-0.05, 0) is 102 Å². The zero-order valence-electron chi connectivity index (χ0n) is 30.6. The maximum Gasteiger partial charge on any atom is 0.287 e. The number of para-hydroxylation sites is 3. The molecule has 3 heterocycles. The first-order valence-corrected chi connectivity index (χ1v) is 18.6. The predicted molar refractivity (Wildman–Crippen MR) is 203 cm³/mol. The smallest absolute Gasteiger partial charge is 0.287 e. The Kier molecular flexibility index (Phi) is 10.4. The number of aromatic nitrogens is 6. The van der Waals surface area contributed by atoms with Gasteiger partial charge in [0.25, 0.3) is 11.5 Å². The lowest BCUT2D eigenvalue weighted by Crippen LogP contribution is -2.32. The van der Waals surface area contributed by atoms with Gasteiger partial charge in [-0.25, -0.2) is 4.68 Å². The molecule has 12 heteroatoms. The molecule has 1 fully saturated rings. The molecule has 1 amide bonds. The highest BCUT2D eigenvalue weighted by atomic mass is 32.2. The van der Waals surface area contributed by atoms with Gasteiger partial charge in [-0.2, -0.15) is 4.68 Å². The van der Waals surface area contributed by atoms with Crippen LogP contribution < -0.4 is 20.5 Å². The third kappa shape index (κ3) is 7.46. The highest BCUT2D eigenvalue weighted by molar-refractivity contribution is 7.99. The van der Waals surface area contributed by atoms with Crippen LogP contribution in [0.4, 0.5) is 11.5 Å². The van der Waals surface area contributed by atoms with E-state index in [9.17, 15) is 9.59 Å². The van der Waals surface area contributed by atoms with Crippen LogP contribution in [0, 0.1) is 0 Å². The molecule has 0 saturated carbocycles. The molecule has 268 valence electrons. The second-order valence-electron chi connectivity index (χ2n) is 14.4. The molecule has 3 aromatic carbocycles. The Morgan fingerprint density at radius 1 is 0.961 bits per heavy atom. The van der Waals surface area contributed by atoms with Crippen LogP contribution in [-0.4, -0.2) is 55.1 Å². The van der Waals surface area contributed by atoms with Crippen molar-refractivity contribution in [1.29, 1.82) is 0 Å². The lowest BCUT2D eigenvalue weighted by Gasteiger charge is -2.31. The first-order chi connectivity index (χ1) is 24.4. The topological polar surface area (TPSA) is 123 Å². The summed E-state index contributed by atoms with van der Waals surface area (Å²) in [7, 11) is 0. The fourth-order valence-corrected chi connectivity index (χ4v) is 7.06. The average molecular weight is 709 g/mol. The number of amides is 1. The monoisotopic (exact) mass is 708 g/mol. The van der Waals surface area contributed by atoms with Gasteiger partial charge in [-0.1, -0.05) is 84.0 Å². The summed E-state index contributed by atoms with van der Waals surface area (Å²) in [5.41, 5.74) is 3.71. The van der Waals surface area contributed by atoms with E-state index in [1.807, 2.05) is 54.6 Å². The third-order valence-electron chi connectivity index (χ3n) is 10.2. The Morgan fingerprint density at radius 2 is 1.65 bits per heavy atom. The Labute approximate surface area is 303 Å². The molecule has 0 aliphatic carbocycles. The highest BCUT2D eigenvalue weighted by Crippen LogP contribution is 2.39. The van der Waals surface area contributed by atoms with Gasteiger partial charge in [-0.15, -0.1) is 5.10 Å². The number of H-pyrrole nitrogens is 1. The van der Waals surface area contributed by atoms with E-state index in [0.29, 0.717) is 33.0 Å². The molecule has 2 aromatic heterocycles. The largest absolute Gasteiger partial charge is 0.481 e. The summed E-state index contributed by atoms with van der Waals surface area (Å²) >= 11 is 1.22. The maximum absolute atomic E-state index is 14.3. The van der Waals surface area contributed by atoms with E-state index in [4.69, 9.17) is 4.74 Å². The summed E-state index contributed by atoms with van der Waals surface area (Å²) in [6.07, 6.45) is 3.17. The first kappa shape index (κ1) is 36.0. The predicted octanol–water partition coefficient (Wildman–Crippen LogP) is 7.67. The van der Waals surface area contributed by atoms with Gasteiger partial charge < -0.3 is 15.0 Å². The number of tetrazole rings is 1. The van der Waals surface area contributed by atoms with Crippen LogP contribution in [0.1, 0.15) is 85.3 Å². The fraction of sp³-hybridized carbons (Fsp3) is 0.410. The number of anilines is 2. The number of benzene rings is 3. The zero-order chi connectivity index (χ0) is 36.3. The van der Waals surface area contributed by atoms with Crippen LogP contribution in [0.2, 0.25) is 0 Å². The van der Waals surface area contributed by atoms with Crippen LogP contribution in [0.5, 0.6) is 5.75 Å². The van der Waals surface area contributed by atoms with Gasteiger partial charge in [0.2, 0.25) is 5.16 Å². The van der Waals surface area contributed by atoms with Crippen molar-refractivity contribution in [3.63, 3.8) is 0 Å². The quantitative estimate of drug-likeness (QED) is 0.128. The van der Waals surface area contributed by atoms with Crippen molar-refractivity contribution in [2.45, 2.75) is 101 Å². The summed E-state index contributed by atoms with van der Waals surface area (Å²) < 4.78 is 9.53. The molecule has 11 nitrogen and oxygen atoms in total. The van der Waals surface area contributed by atoms with E-state index in [-0.39, 0.29) is 22.3 Å². The van der Waals surface area contributed by atoms with E-state index in [1.54, 1.807) is 17.7 Å². The molecule has 1 unspecified atom stereocenters. The normalized spacial score (nSPS) is 14.1. The van der Waals surface area contributed by atoms with Gasteiger partial charge in [0.15, 0.2) is 6.10 Å². The summed E-state index contributed by atoms with van der Waals surface area (Å²) in [6, 6.07) is 23.2. The molecule has 0 bridgehead atoms. The van der Waals surface area contributed by atoms with E-state index in [2.05, 4.69) is 84.5 Å². The minimum Gasteiger partial charge on any atom is -0.481 e. The molecule has 6 rings (SSSR count). The number of nitrogens with one attached hydrogen (secondary N) is 2. The molecule has 1 atom stereocenters. The molecule has 1 saturated heterocycles. The van der Waals surface area contributed by atoms with Gasteiger partial charge in [0, 0.05) is 18.7 Å². The molecule has 1 aliphatic heterocycles. The standard InChI is InChI=1S/C39H48N8O3S/c1-8-38(4,5)27-21-22-32(29(25-27)39(6,7)9-2)50-26(3)35(48)40-30-19-13-14-20-31(30)47-36(49)33(34(42-47)45-23-15-16-24-45)51-37-41-43-44-46(37)28-17-11-10-12-18-28/h10-14,17-22,25-26,42H,8-9,15-16,23-24H2,1-7H3,(H,40,48). The lowest BCUT2D eigenvalue weighted by molar-refractivity contribution is -0.122. The molecular formula is C39H48N8O3S. The summed E-state index contributed by atoms with van der Waals surface area (Å²) in [5.74, 6) is 1.07. The van der Waals surface area contributed by atoms with Crippen LogP contribution in [0.3, 0.4) is 0 Å². The van der Waals surface area contributed by atoms with Crippen molar-refractivity contribution >= 4 is 29.2 Å². The van der Waals surface area contributed by atoms with Gasteiger partial charge in [0.05, 0.1) is 17.1 Å². The minimum atomic E-state index is -0.807. The Hall–Kier alpha value is -4.84. The van der Waals surface area contributed by atoms with Crippen molar-refractivity contribution in [2.24, 2.45) is 0 Å². The van der Waals surface area contributed by atoms with E-state index >= 15 is 0 Å². The zero-order valence-corrected chi connectivity index (χ0v) is 31.4. The average Bonchev–Trinajstić information content (AvgIpc) is 3.91. The summed E-state index contributed by atoms with van der Waals surface area (Å²) in [6.45, 7) is 16.7. The number of rotatable bonds is 13. The van der Waals surface area contributed by atoms with Crippen molar-refractivity contribution in [3.05, 3.63) is 94.3 Å². The van der Waals surface area contributed by atoms with Gasteiger partial charge in [-0.3, -0.25) is 14.7 Å². The number of hydrogen-bond acceptors (Lipinski definition) is 8. The fourth-order valence-electron chi connectivity index (χ4n) is 6.12. The van der Waals surface area contributed by atoms with Gasteiger partial charge >= 0.3 is 0 Å². The van der Waals surface area contributed by atoms with Crippen molar-refractivity contribution in [1.82, 2.24) is 30.0 Å². The summed E-state index contributed by atoms with van der Waals surface area (Å²) in [4.78, 5) is 30.7. The number of ether oxygens (including phenoxy) is 1. The van der Waals surface area contributed by atoms with E-state index in [1.165, 1.54) is 22.0 Å².